The summed E-state index contributed by atoms with van der Waals surface area (Å²) in [5, 5.41) is 6.89. The van der Waals surface area contributed by atoms with E-state index >= 15 is 0 Å². The molecule has 0 atom stereocenters. The van der Waals surface area contributed by atoms with Crippen molar-refractivity contribution in [1.29, 1.82) is 0 Å². The maximum absolute atomic E-state index is 4.72. The largest absolute Gasteiger partial charge is 0.357 e. The number of nitrogens with zero attached hydrogens (tertiary/aromatic N) is 2. The van der Waals surface area contributed by atoms with Crippen LogP contribution < -0.4 is 10.6 Å². The Morgan fingerprint density at radius 2 is 1.84 bits per heavy atom. The van der Waals surface area contributed by atoms with E-state index in [2.05, 4.69) is 50.4 Å². The van der Waals surface area contributed by atoms with Crippen molar-refractivity contribution >= 4 is 29.9 Å². The van der Waals surface area contributed by atoms with Gasteiger partial charge in [0.25, 0.3) is 0 Å². The molecule has 0 radical (unpaired) electrons. The first kappa shape index (κ1) is 19.0. The summed E-state index contributed by atoms with van der Waals surface area (Å²) >= 11 is 0. The first-order chi connectivity index (χ1) is 8.45. The average Bonchev–Trinajstić information content (AvgIpc) is 2.79. The van der Waals surface area contributed by atoms with E-state index in [-0.39, 0.29) is 29.5 Å². The van der Waals surface area contributed by atoms with Crippen molar-refractivity contribution in [3.63, 3.8) is 0 Å². The number of likely N-dealkylation sites (N-methyl/N-ethyl adjacent to an activating group) is 1. The van der Waals surface area contributed by atoms with Crippen LogP contribution in [0.2, 0.25) is 0 Å². The molecule has 0 aromatic heterocycles. The quantitative estimate of drug-likeness (QED) is 0.436. The Bertz CT molecular complexity index is 271. The maximum Gasteiger partial charge on any atom is 0.191 e. The van der Waals surface area contributed by atoms with E-state index in [0.29, 0.717) is 6.04 Å². The van der Waals surface area contributed by atoms with Crippen LogP contribution >= 0.6 is 24.0 Å². The zero-order chi connectivity index (χ0) is 13.6. The van der Waals surface area contributed by atoms with Gasteiger partial charge in [0.15, 0.2) is 5.96 Å². The lowest BCUT2D eigenvalue weighted by Gasteiger charge is -2.31. The number of rotatable bonds is 5. The van der Waals surface area contributed by atoms with Gasteiger partial charge in [0.1, 0.15) is 0 Å². The lowest BCUT2D eigenvalue weighted by atomic mass is 10.1. The number of halogens is 1. The van der Waals surface area contributed by atoms with Gasteiger partial charge in [-0.1, -0.05) is 12.8 Å². The first-order valence-electron chi connectivity index (χ1n) is 7.18. The Morgan fingerprint density at radius 3 is 2.32 bits per heavy atom. The number of guanidine groups is 1. The molecule has 0 unspecified atom stereocenters. The Hall–Kier alpha value is -0.0400. The third-order valence-electron chi connectivity index (χ3n) is 3.88. The molecule has 114 valence electrons. The van der Waals surface area contributed by atoms with E-state index in [1.807, 2.05) is 0 Å². The van der Waals surface area contributed by atoms with Gasteiger partial charge in [-0.25, -0.2) is 0 Å². The minimum atomic E-state index is 0. The highest BCUT2D eigenvalue weighted by molar-refractivity contribution is 14.0. The Balaban J connectivity index is 0.00000324. The number of hydrogen-bond acceptors (Lipinski definition) is 2. The standard InChI is InChI=1S/C14H30N4.HI/c1-6-15-13(17-12-9-7-8-10-12)16-11-14(2,3)18(4)5;/h12H,6-11H2,1-5H3,(H2,15,16,17);1H. The predicted octanol–water partition coefficient (Wildman–Crippen LogP) is 2.44. The Kier molecular flexibility index (Phi) is 8.98. The highest BCUT2D eigenvalue weighted by atomic mass is 127. The highest BCUT2D eigenvalue weighted by Gasteiger charge is 2.21. The van der Waals surface area contributed by atoms with Crippen molar-refractivity contribution < 1.29 is 0 Å². The van der Waals surface area contributed by atoms with Crippen molar-refractivity contribution in [2.45, 2.75) is 58.0 Å². The Morgan fingerprint density at radius 1 is 1.26 bits per heavy atom. The molecular formula is C14H31IN4. The molecule has 0 bridgehead atoms. The van der Waals surface area contributed by atoms with Crippen LogP contribution in [0.3, 0.4) is 0 Å². The average molecular weight is 382 g/mol. The third kappa shape index (κ3) is 6.79. The van der Waals surface area contributed by atoms with Gasteiger partial charge in [0.2, 0.25) is 0 Å². The van der Waals surface area contributed by atoms with Crippen molar-refractivity contribution in [3.8, 4) is 0 Å². The van der Waals surface area contributed by atoms with Crippen LogP contribution in [0.5, 0.6) is 0 Å². The smallest absolute Gasteiger partial charge is 0.191 e. The van der Waals surface area contributed by atoms with Gasteiger partial charge in [0, 0.05) is 18.1 Å². The Labute approximate surface area is 135 Å². The molecule has 1 aliphatic carbocycles. The monoisotopic (exact) mass is 382 g/mol. The van der Waals surface area contributed by atoms with Crippen molar-refractivity contribution in [2.24, 2.45) is 4.99 Å². The van der Waals surface area contributed by atoms with Gasteiger partial charge in [-0.3, -0.25) is 4.99 Å². The topological polar surface area (TPSA) is 39.7 Å². The second-order valence-corrected chi connectivity index (χ2v) is 6.03. The lowest BCUT2D eigenvalue weighted by Crippen LogP contribution is -2.45. The highest BCUT2D eigenvalue weighted by Crippen LogP contribution is 2.17. The van der Waals surface area contributed by atoms with Gasteiger partial charge in [-0.15, -0.1) is 24.0 Å². The molecule has 1 fully saturated rings. The molecule has 1 aliphatic rings. The van der Waals surface area contributed by atoms with Gasteiger partial charge in [-0.2, -0.15) is 0 Å². The molecule has 5 heteroatoms. The summed E-state index contributed by atoms with van der Waals surface area (Å²) in [6, 6.07) is 0.616. The molecule has 1 rings (SSSR count). The van der Waals surface area contributed by atoms with Crippen molar-refractivity contribution in [1.82, 2.24) is 15.5 Å². The summed E-state index contributed by atoms with van der Waals surface area (Å²) in [6.07, 6.45) is 5.25. The molecule has 0 aromatic carbocycles. The van der Waals surface area contributed by atoms with Gasteiger partial charge in [-0.05, 0) is 47.7 Å². The number of nitrogens with one attached hydrogen (secondary N) is 2. The summed E-state index contributed by atoms with van der Waals surface area (Å²) < 4.78 is 0. The fourth-order valence-corrected chi connectivity index (χ4v) is 2.00. The predicted molar refractivity (Wildman–Crippen MR) is 94.6 cm³/mol. The molecule has 0 saturated heterocycles. The van der Waals surface area contributed by atoms with E-state index in [9.17, 15) is 0 Å². The first-order valence-corrected chi connectivity index (χ1v) is 7.18. The van der Waals surface area contributed by atoms with E-state index in [0.717, 1.165) is 19.0 Å². The maximum atomic E-state index is 4.72. The summed E-state index contributed by atoms with van der Waals surface area (Å²) in [7, 11) is 4.21. The lowest BCUT2D eigenvalue weighted by molar-refractivity contribution is 0.204. The SMILES string of the molecule is CCNC(=NCC(C)(C)N(C)C)NC1CCCC1.I. The second-order valence-electron chi connectivity index (χ2n) is 6.03. The molecule has 19 heavy (non-hydrogen) atoms. The van der Waals surface area contributed by atoms with E-state index in [4.69, 9.17) is 4.99 Å². The van der Waals surface area contributed by atoms with Crippen LogP contribution in [0.25, 0.3) is 0 Å². The van der Waals surface area contributed by atoms with Crippen LogP contribution in [0.4, 0.5) is 0 Å². The second kappa shape index (κ2) is 9.00. The minimum Gasteiger partial charge on any atom is -0.357 e. The van der Waals surface area contributed by atoms with Gasteiger partial charge < -0.3 is 15.5 Å². The third-order valence-corrected chi connectivity index (χ3v) is 3.88. The molecule has 2 N–H and O–H groups in total. The van der Waals surface area contributed by atoms with Crippen LogP contribution in [0.15, 0.2) is 4.99 Å². The number of hydrogen-bond donors (Lipinski definition) is 2. The minimum absolute atomic E-state index is 0. The van der Waals surface area contributed by atoms with Gasteiger partial charge in [0.05, 0.1) is 6.54 Å². The van der Waals surface area contributed by atoms with Gasteiger partial charge >= 0.3 is 0 Å². The molecule has 0 heterocycles. The summed E-state index contributed by atoms with van der Waals surface area (Å²) in [5.41, 5.74) is 0.0953. The van der Waals surface area contributed by atoms with Crippen LogP contribution in [0, 0.1) is 0 Å². The zero-order valence-corrected chi connectivity index (χ0v) is 15.5. The molecule has 0 aromatic rings. The van der Waals surface area contributed by atoms with E-state index in [1.165, 1.54) is 25.7 Å². The van der Waals surface area contributed by atoms with Crippen molar-refractivity contribution in [3.05, 3.63) is 0 Å². The van der Waals surface area contributed by atoms with Crippen LogP contribution in [-0.4, -0.2) is 49.6 Å². The fraction of sp³-hybridized carbons (Fsp3) is 0.929. The zero-order valence-electron chi connectivity index (χ0n) is 13.1. The summed E-state index contributed by atoms with van der Waals surface area (Å²) in [4.78, 5) is 6.94. The summed E-state index contributed by atoms with van der Waals surface area (Å²) in [5.74, 6) is 0.972. The number of aliphatic imine (C=N–C) groups is 1. The van der Waals surface area contributed by atoms with Crippen molar-refractivity contribution in [2.75, 3.05) is 27.2 Å². The molecule has 0 spiro atoms. The molecule has 1 saturated carbocycles. The summed E-state index contributed by atoms with van der Waals surface area (Å²) in [6.45, 7) is 8.28. The normalized spacial score (nSPS) is 17.5. The fourth-order valence-electron chi connectivity index (χ4n) is 2.00. The molecule has 0 amide bonds. The van der Waals surface area contributed by atoms with E-state index in [1.54, 1.807) is 0 Å². The molecular weight excluding hydrogens is 351 g/mol. The van der Waals surface area contributed by atoms with Crippen LogP contribution in [-0.2, 0) is 0 Å². The molecule has 0 aliphatic heterocycles. The van der Waals surface area contributed by atoms with E-state index < -0.39 is 0 Å². The molecule has 4 nitrogen and oxygen atoms in total. The van der Waals surface area contributed by atoms with Crippen LogP contribution in [0.1, 0.15) is 46.5 Å².